The van der Waals surface area contributed by atoms with Crippen molar-refractivity contribution in [3.05, 3.63) is 77.7 Å². The van der Waals surface area contributed by atoms with E-state index in [0.29, 0.717) is 35.2 Å². The van der Waals surface area contributed by atoms with Crippen molar-refractivity contribution in [2.45, 2.75) is 12.4 Å². The molecule has 2 heterocycles. The van der Waals surface area contributed by atoms with Crippen molar-refractivity contribution in [2.24, 2.45) is 0 Å². The molecule has 2 aromatic heterocycles. The van der Waals surface area contributed by atoms with Gasteiger partial charge in [-0.3, -0.25) is 10.1 Å². The van der Waals surface area contributed by atoms with Gasteiger partial charge in [-0.25, -0.2) is 9.97 Å². The second-order valence-corrected chi connectivity index (χ2v) is 7.72. The summed E-state index contributed by atoms with van der Waals surface area (Å²) in [5, 5.41) is 5.34. The number of hydrogen-bond acceptors (Lipinski definition) is 7. The molecule has 0 radical (unpaired) electrons. The lowest BCUT2D eigenvalue weighted by Crippen LogP contribution is -2.12. The van der Waals surface area contributed by atoms with Gasteiger partial charge >= 0.3 is 12.4 Å². The number of rotatable bonds is 5. The SMILES string of the molecule is O=C(Nc1nc(-c2cc(C(F)(F)F)cc(C(F)(F)F)c2)ns1)c1ccc(Nc2ccncn2)cc1. The molecule has 4 aromatic rings. The van der Waals surface area contributed by atoms with E-state index in [2.05, 4.69) is 30.0 Å². The lowest BCUT2D eigenvalue weighted by atomic mass is 10.0. The van der Waals surface area contributed by atoms with Crippen molar-refractivity contribution < 1.29 is 31.1 Å². The summed E-state index contributed by atoms with van der Waals surface area (Å²) in [6.45, 7) is 0. The van der Waals surface area contributed by atoms with E-state index in [4.69, 9.17) is 0 Å². The molecule has 14 heteroatoms. The predicted molar refractivity (Wildman–Crippen MR) is 115 cm³/mol. The maximum Gasteiger partial charge on any atom is 0.416 e. The number of aromatic nitrogens is 4. The van der Waals surface area contributed by atoms with Crippen LogP contribution in [0, 0.1) is 0 Å². The Bertz CT molecular complexity index is 1310. The molecule has 0 spiro atoms. The topological polar surface area (TPSA) is 92.7 Å². The number of alkyl halides is 6. The normalized spacial score (nSPS) is 11.8. The Hall–Kier alpha value is -4.07. The molecule has 0 aliphatic heterocycles. The fourth-order valence-corrected chi connectivity index (χ4v) is 3.45. The lowest BCUT2D eigenvalue weighted by molar-refractivity contribution is -0.143. The molecule has 1 amide bonds. The fraction of sp³-hybridized carbons (Fsp3) is 0.0952. The number of halogens is 6. The largest absolute Gasteiger partial charge is 0.416 e. The van der Waals surface area contributed by atoms with Crippen molar-refractivity contribution in [2.75, 3.05) is 10.6 Å². The molecule has 2 N–H and O–H groups in total. The van der Waals surface area contributed by atoms with Crippen molar-refractivity contribution in [1.82, 2.24) is 19.3 Å². The van der Waals surface area contributed by atoms with Gasteiger partial charge in [0.15, 0.2) is 5.82 Å². The molecule has 0 aliphatic carbocycles. The lowest BCUT2D eigenvalue weighted by Gasteiger charge is -2.13. The Kier molecular flexibility index (Phi) is 6.39. The van der Waals surface area contributed by atoms with Crippen molar-refractivity contribution in [3.63, 3.8) is 0 Å². The van der Waals surface area contributed by atoms with E-state index < -0.39 is 35.0 Å². The zero-order valence-corrected chi connectivity index (χ0v) is 18.0. The zero-order valence-electron chi connectivity index (χ0n) is 17.1. The highest BCUT2D eigenvalue weighted by molar-refractivity contribution is 7.10. The van der Waals surface area contributed by atoms with Crippen molar-refractivity contribution in [1.29, 1.82) is 0 Å². The molecule has 0 aliphatic rings. The Morgan fingerprint density at radius 1 is 0.886 bits per heavy atom. The minimum atomic E-state index is -5.00. The van der Waals surface area contributed by atoms with Crippen LogP contribution in [-0.4, -0.2) is 25.2 Å². The van der Waals surface area contributed by atoms with Crippen LogP contribution in [0.2, 0.25) is 0 Å². The molecular formula is C21H12F6N6OS. The van der Waals surface area contributed by atoms with E-state index in [-0.39, 0.29) is 22.6 Å². The summed E-state index contributed by atoms with van der Waals surface area (Å²) in [5.41, 5.74) is -2.59. The van der Waals surface area contributed by atoms with Crippen LogP contribution in [0.15, 0.2) is 61.1 Å². The van der Waals surface area contributed by atoms with Crippen LogP contribution < -0.4 is 10.6 Å². The van der Waals surface area contributed by atoms with Gasteiger partial charge in [-0.05, 0) is 48.5 Å². The fourth-order valence-electron chi connectivity index (χ4n) is 2.86. The number of amides is 1. The van der Waals surface area contributed by atoms with E-state index in [1.807, 2.05) is 0 Å². The first-order valence-electron chi connectivity index (χ1n) is 9.57. The number of benzene rings is 2. The molecular weight excluding hydrogens is 498 g/mol. The standard InChI is InChI=1S/C21H12F6N6OS/c22-20(23,24)13-7-12(8-14(9-13)21(25,26)27)17-31-19(35-33-17)32-18(34)11-1-3-15(4-2-11)30-16-5-6-28-10-29-16/h1-10H,(H,28,29,30)(H,31,32,33,34). The molecule has 2 aromatic carbocycles. The number of hydrogen-bond donors (Lipinski definition) is 2. The monoisotopic (exact) mass is 510 g/mol. The van der Waals surface area contributed by atoms with Crippen LogP contribution in [0.5, 0.6) is 0 Å². The highest BCUT2D eigenvalue weighted by Gasteiger charge is 2.37. The van der Waals surface area contributed by atoms with Gasteiger partial charge in [-0.2, -0.15) is 35.7 Å². The van der Waals surface area contributed by atoms with Gasteiger partial charge in [0, 0.05) is 34.5 Å². The van der Waals surface area contributed by atoms with Gasteiger partial charge in [0.05, 0.1) is 11.1 Å². The molecule has 35 heavy (non-hydrogen) atoms. The smallest absolute Gasteiger partial charge is 0.340 e. The number of anilines is 3. The van der Waals surface area contributed by atoms with Crippen LogP contribution >= 0.6 is 11.5 Å². The van der Waals surface area contributed by atoms with Gasteiger partial charge in [0.25, 0.3) is 5.91 Å². The summed E-state index contributed by atoms with van der Waals surface area (Å²) in [5.74, 6) is -0.436. The van der Waals surface area contributed by atoms with E-state index in [1.54, 1.807) is 24.4 Å². The summed E-state index contributed by atoms with van der Waals surface area (Å²) in [4.78, 5) is 24.2. The number of nitrogens with one attached hydrogen (secondary N) is 2. The third kappa shape index (κ3) is 5.90. The summed E-state index contributed by atoms with van der Waals surface area (Å²) in [7, 11) is 0. The molecule has 0 atom stereocenters. The molecule has 0 unspecified atom stereocenters. The third-order valence-corrected chi connectivity index (χ3v) is 5.12. The van der Waals surface area contributed by atoms with Crippen LogP contribution in [0.3, 0.4) is 0 Å². The number of carbonyl (C=O) groups excluding carboxylic acids is 1. The van der Waals surface area contributed by atoms with Gasteiger partial charge in [0.1, 0.15) is 12.1 Å². The van der Waals surface area contributed by atoms with Crippen molar-refractivity contribution in [3.8, 4) is 11.4 Å². The maximum atomic E-state index is 13.1. The second-order valence-electron chi connectivity index (χ2n) is 6.97. The molecule has 0 fully saturated rings. The van der Waals surface area contributed by atoms with Gasteiger partial charge in [-0.1, -0.05) is 0 Å². The van der Waals surface area contributed by atoms with E-state index >= 15 is 0 Å². The van der Waals surface area contributed by atoms with Crippen LogP contribution in [0.4, 0.5) is 43.0 Å². The highest BCUT2D eigenvalue weighted by atomic mass is 32.1. The Balaban J connectivity index is 1.51. The predicted octanol–water partition coefficient (Wildman–Crippen LogP) is 6.03. The first-order chi connectivity index (χ1) is 16.5. The Morgan fingerprint density at radius 2 is 1.54 bits per heavy atom. The van der Waals surface area contributed by atoms with Gasteiger partial charge in [0.2, 0.25) is 5.13 Å². The zero-order chi connectivity index (χ0) is 25.2. The molecule has 0 bridgehead atoms. The average Bonchev–Trinajstić information content (AvgIpc) is 3.27. The van der Waals surface area contributed by atoms with E-state index in [9.17, 15) is 31.1 Å². The Morgan fingerprint density at radius 3 is 2.11 bits per heavy atom. The van der Waals surface area contributed by atoms with Gasteiger partial charge < -0.3 is 5.32 Å². The van der Waals surface area contributed by atoms with Crippen LogP contribution in [0.25, 0.3) is 11.4 Å². The van der Waals surface area contributed by atoms with Gasteiger partial charge in [-0.15, -0.1) is 0 Å². The highest BCUT2D eigenvalue weighted by Crippen LogP contribution is 2.38. The minimum absolute atomic E-state index is 0.0157. The maximum absolute atomic E-state index is 13.1. The molecule has 0 saturated heterocycles. The quantitative estimate of drug-likeness (QED) is 0.319. The van der Waals surface area contributed by atoms with Crippen molar-refractivity contribution >= 4 is 34.1 Å². The van der Waals surface area contributed by atoms with E-state index in [1.165, 1.54) is 18.5 Å². The Labute approximate surface area is 197 Å². The molecule has 7 nitrogen and oxygen atoms in total. The third-order valence-electron chi connectivity index (χ3n) is 4.49. The summed E-state index contributed by atoms with van der Waals surface area (Å²) >= 11 is 0.617. The summed E-state index contributed by atoms with van der Waals surface area (Å²) in [6.07, 6.45) is -7.09. The van der Waals surface area contributed by atoms with E-state index in [0.717, 1.165) is 0 Å². The summed E-state index contributed by atoms with van der Waals surface area (Å²) in [6, 6.07) is 8.94. The number of nitrogens with zero attached hydrogens (tertiary/aromatic N) is 4. The minimum Gasteiger partial charge on any atom is -0.340 e. The molecule has 180 valence electrons. The van der Waals surface area contributed by atoms with Crippen LogP contribution in [-0.2, 0) is 12.4 Å². The van der Waals surface area contributed by atoms with Crippen LogP contribution in [0.1, 0.15) is 21.5 Å². The number of carbonyl (C=O) groups is 1. The summed E-state index contributed by atoms with van der Waals surface area (Å²) < 4.78 is 82.4. The molecule has 4 rings (SSSR count). The molecule has 0 saturated carbocycles. The second kappa shape index (κ2) is 9.29. The first kappa shape index (κ1) is 24.1. The average molecular weight is 510 g/mol. The first-order valence-corrected chi connectivity index (χ1v) is 10.3.